The Morgan fingerprint density at radius 1 is 0.973 bits per heavy atom. The summed E-state index contributed by atoms with van der Waals surface area (Å²) in [4.78, 5) is 28.1. The van der Waals surface area contributed by atoms with Gasteiger partial charge in [0.25, 0.3) is 0 Å². The van der Waals surface area contributed by atoms with Crippen LogP contribution in [0.4, 0.5) is 5.69 Å². The fourth-order valence-electron chi connectivity index (χ4n) is 3.85. The van der Waals surface area contributed by atoms with Crippen molar-refractivity contribution in [2.24, 2.45) is 0 Å². The lowest BCUT2D eigenvalue weighted by Gasteiger charge is -2.18. The molecule has 0 spiro atoms. The fourth-order valence-corrected chi connectivity index (χ4v) is 3.85. The van der Waals surface area contributed by atoms with Gasteiger partial charge in [-0.15, -0.1) is 24.4 Å². The number of rotatable bonds is 7. The van der Waals surface area contributed by atoms with E-state index >= 15 is 0 Å². The first kappa shape index (κ1) is 33.5. The number of amides is 1. The van der Waals surface area contributed by atoms with E-state index in [1.807, 2.05) is 32.9 Å². The van der Waals surface area contributed by atoms with Gasteiger partial charge < -0.3 is 5.32 Å². The van der Waals surface area contributed by atoms with E-state index in [1.54, 1.807) is 6.20 Å². The molecule has 2 aromatic heterocycles. The minimum absolute atomic E-state index is 0.00892. The number of pyridine rings is 1. The summed E-state index contributed by atoms with van der Waals surface area (Å²) in [5.74, 6) is 2.18. The van der Waals surface area contributed by atoms with Crippen LogP contribution < -0.4 is 5.32 Å². The Kier molecular flexibility index (Phi) is 18.7. The minimum atomic E-state index is -0.140. The molecule has 0 aliphatic heterocycles. The summed E-state index contributed by atoms with van der Waals surface area (Å²) in [6.45, 7) is 10.3. The molecule has 1 amide bonds. The van der Waals surface area contributed by atoms with Crippen molar-refractivity contribution in [3.8, 4) is 36.6 Å². The standard InChI is InChI=1S/C24H28N4O2.C3H8.C2H6.C2H2/c1-3-9-19(29)10-8-13-23(30)26-18-14-15-22(25-16-18)24-21-12-7-5-4-6-11-20(21)17(2)27-28-24;1-3-2;2*1-2/h1,14-16H,4-13H2,2H3,(H,26,30);3H2,1-2H3;1-2H3;1-2H. The van der Waals surface area contributed by atoms with Crippen LogP contribution in [0.25, 0.3) is 11.4 Å². The van der Waals surface area contributed by atoms with E-state index < -0.39 is 0 Å². The fraction of sp³-hybridized carbons (Fsp3) is 0.516. The Bertz CT molecular complexity index is 1000. The van der Waals surface area contributed by atoms with Gasteiger partial charge in [-0.1, -0.05) is 52.9 Å². The smallest absolute Gasteiger partial charge is 0.224 e. The van der Waals surface area contributed by atoms with E-state index in [0.29, 0.717) is 18.5 Å². The molecule has 0 unspecified atom stereocenters. The number of ketones is 1. The van der Waals surface area contributed by atoms with Gasteiger partial charge in [0.05, 0.1) is 29.7 Å². The predicted molar refractivity (Wildman–Crippen MR) is 154 cm³/mol. The first-order valence-corrected chi connectivity index (χ1v) is 13.4. The topological polar surface area (TPSA) is 84.8 Å². The van der Waals surface area contributed by atoms with Crippen LogP contribution in [0.15, 0.2) is 18.3 Å². The first-order valence-electron chi connectivity index (χ1n) is 13.4. The van der Waals surface area contributed by atoms with Crippen molar-refractivity contribution in [3.05, 3.63) is 35.2 Å². The van der Waals surface area contributed by atoms with Crippen LogP contribution in [0.5, 0.6) is 0 Å². The molecule has 2 aromatic rings. The molecular formula is C31H44N4O2. The second-order valence-electron chi connectivity index (χ2n) is 8.47. The molecule has 2 heterocycles. The summed E-state index contributed by atoms with van der Waals surface area (Å²) >= 11 is 0. The van der Waals surface area contributed by atoms with E-state index in [1.165, 1.54) is 36.8 Å². The number of terminal acetylenes is 2. The lowest BCUT2D eigenvalue weighted by atomic mass is 9.91. The van der Waals surface area contributed by atoms with Crippen LogP contribution >= 0.6 is 0 Å². The number of carbonyl (C=O) groups is 2. The van der Waals surface area contributed by atoms with Crippen LogP contribution in [0, 0.1) is 32.1 Å². The summed E-state index contributed by atoms with van der Waals surface area (Å²) in [5.41, 5.74) is 5.85. The monoisotopic (exact) mass is 504 g/mol. The molecule has 0 fully saturated rings. The van der Waals surface area contributed by atoms with Gasteiger partial charge >= 0.3 is 0 Å². The summed E-state index contributed by atoms with van der Waals surface area (Å²) in [7, 11) is 0. The highest BCUT2D eigenvalue weighted by atomic mass is 16.1. The Balaban J connectivity index is 0.00000169. The zero-order chi connectivity index (χ0) is 28.1. The molecule has 0 radical (unpaired) electrons. The largest absolute Gasteiger partial charge is 0.325 e. The number of Topliss-reactive ketones (excluding diaryl/α,β-unsaturated/α-hetero) is 1. The zero-order valence-electron chi connectivity index (χ0n) is 23.4. The summed E-state index contributed by atoms with van der Waals surface area (Å²) in [6.07, 6.45) is 24.1. The number of fused-ring (bicyclic) bond motifs is 1. The molecule has 37 heavy (non-hydrogen) atoms. The average molecular weight is 505 g/mol. The number of carbonyl (C=O) groups excluding carboxylic acids is 2. The van der Waals surface area contributed by atoms with E-state index in [0.717, 1.165) is 36.3 Å². The van der Waals surface area contributed by atoms with Gasteiger partial charge in [0.2, 0.25) is 5.91 Å². The van der Waals surface area contributed by atoms with Crippen LogP contribution in [0.3, 0.4) is 0 Å². The number of hydrogen-bond donors (Lipinski definition) is 1. The summed E-state index contributed by atoms with van der Waals surface area (Å²) in [5, 5.41) is 11.7. The molecule has 0 bridgehead atoms. The Hall–Kier alpha value is -3.51. The first-order chi connectivity index (χ1) is 18.0. The van der Waals surface area contributed by atoms with Gasteiger partial charge in [0.15, 0.2) is 0 Å². The lowest BCUT2D eigenvalue weighted by molar-refractivity contribution is -0.118. The molecule has 0 saturated heterocycles. The highest BCUT2D eigenvalue weighted by Crippen LogP contribution is 2.29. The Morgan fingerprint density at radius 3 is 2.16 bits per heavy atom. The van der Waals surface area contributed by atoms with Crippen molar-refractivity contribution in [2.45, 2.75) is 105 Å². The van der Waals surface area contributed by atoms with Crippen LogP contribution in [-0.2, 0) is 22.4 Å². The van der Waals surface area contributed by atoms with Crippen molar-refractivity contribution in [3.63, 3.8) is 0 Å². The third-order valence-electron chi connectivity index (χ3n) is 5.44. The molecule has 1 aliphatic rings. The second-order valence-corrected chi connectivity index (χ2v) is 8.47. The lowest BCUT2D eigenvalue weighted by Crippen LogP contribution is -2.12. The maximum absolute atomic E-state index is 12.1. The number of aromatic nitrogens is 3. The molecule has 0 saturated carbocycles. The van der Waals surface area contributed by atoms with Crippen molar-refractivity contribution in [1.29, 1.82) is 0 Å². The van der Waals surface area contributed by atoms with Gasteiger partial charge in [-0.3, -0.25) is 14.6 Å². The van der Waals surface area contributed by atoms with Crippen LogP contribution in [0.1, 0.15) is 102 Å². The second kappa shape index (κ2) is 20.7. The normalized spacial score (nSPS) is 11.6. The molecule has 0 atom stereocenters. The Labute approximate surface area is 224 Å². The molecule has 200 valence electrons. The van der Waals surface area contributed by atoms with Gasteiger partial charge in [-0.25, -0.2) is 0 Å². The molecular weight excluding hydrogens is 460 g/mol. The number of aryl methyl sites for hydroxylation is 1. The average Bonchev–Trinajstić information content (AvgIpc) is 2.88. The number of nitrogens with one attached hydrogen (secondary N) is 1. The van der Waals surface area contributed by atoms with Crippen LogP contribution in [0.2, 0.25) is 0 Å². The van der Waals surface area contributed by atoms with Gasteiger partial charge in [-0.05, 0) is 62.3 Å². The molecule has 3 rings (SSSR count). The highest BCUT2D eigenvalue weighted by molar-refractivity contribution is 5.91. The summed E-state index contributed by atoms with van der Waals surface area (Å²) < 4.78 is 0. The van der Waals surface area contributed by atoms with Gasteiger partial charge in [-0.2, -0.15) is 5.10 Å². The van der Waals surface area contributed by atoms with E-state index in [9.17, 15) is 9.59 Å². The maximum atomic E-state index is 12.1. The van der Waals surface area contributed by atoms with Crippen molar-refractivity contribution in [2.75, 3.05) is 5.32 Å². The quantitative estimate of drug-likeness (QED) is 0.415. The van der Waals surface area contributed by atoms with Crippen molar-refractivity contribution >= 4 is 17.4 Å². The zero-order valence-corrected chi connectivity index (χ0v) is 23.4. The van der Waals surface area contributed by atoms with Gasteiger partial charge in [0.1, 0.15) is 11.5 Å². The van der Waals surface area contributed by atoms with E-state index in [4.69, 9.17) is 6.42 Å². The Morgan fingerprint density at radius 2 is 1.59 bits per heavy atom. The molecule has 1 N–H and O–H groups in total. The van der Waals surface area contributed by atoms with Crippen LogP contribution in [-0.4, -0.2) is 26.9 Å². The number of nitrogens with zero attached hydrogens (tertiary/aromatic N) is 3. The molecule has 0 aromatic carbocycles. The third kappa shape index (κ3) is 12.3. The van der Waals surface area contributed by atoms with Gasteiger partial charge in [0, 0.05) is 12.8 Å². The van der Waals surface area contributed by atoms with Crippen molar-refractivity contribution in [1.82, 2.24) is 15.2 Å². The molecule has 6 heteroatoms. The maximum Gasteiger partial charge on any atom is 0.224 e. The SMILES string of the molecule is C#C.C#CCC(=O)CCCC(=O)Nc1ccc(-c2nnc(C)c3c2CCCCCC3)nc1.CC.CCC. The summed E-state index contributed by atoms with van der Waals surface area (Å²) in [6, 6.07) is 3.71. The highest BCUT2D eigenvalue weighted by Gasteiger charge is 2.18. The third-order valence-corrected chi connectivity index (χ3v) is 5.44. The minimum Gasteiger partial charge on any atom is -0.325 e. The number of hydrogen-bond acceptors (Lipinski definition) is 5. The van der Waals surface area contributed by atoms with E-state index in [2.05, 4.69) is 53.1 Å². The predicted octanol–water partition coefficient (Wildman–Crippen LogP) is 6.90. The number of anilines is 1. The van der Waals surface area contributed by atoms with E-state index in [-0.39, 0.29) is 24.5 Å². The van der Waals surface area contributed by atoms with Crippen molar-refractivity contribution < 1.29 is 9.59 Å². The molecule has 6 nitrogen and oxygen atoms in total. The molecule has 1 aliphatic carbocycles.